The largest absolute Gasteiger partial charge is 0.481 e. The van der Waals surface area contributed by atoms with Gasteiger partial charge in [0, 0.05) is 5.75 Å². The normalized spacial score (nSPS) is 13.2. The first-order valence-corrected chi connectivity index (χ1v) is 5.79. The van der Waals surface area contributed by atoms with Crippen molar-refractivity contribution in [3.05, 3.63) is 0 Å². The highest BCUT2D eigenvalue weighted by Crippen LogP contribution is 1.92. The Morgan fingerprint density at radius 3 is 2.21 bits per heavy atom. The number of carbonyl (C=O) groups is 4. The van der Waals surface area contributed by atoms with Crippen LogP contribution in [0.3, 0.4) is 0 Å². The summed E-state index contributed by atoms with van der Waals surface area (Å²) in [5.41, 5.74) is 5.33. The molecule has 0 radical (unpaired) electrons. The molecular weight excluding hydrogens is 278 g/mol. The molecule has 0 aromatic carbocycles. The second-order valence-corrected chi connectivity index (χ2v) is 3.93. The van der Waals surface area contributed by atoms with Crippen LogP contribution in [0, 0.1) is 0 Å². The molecule has 0 aliphatic carbocycles. The van der Waals surface area contributed by atoms with Gasteiger partial charge in [-0.25, -0.2) is 4.79 Å². The fraction of sp³-hybridized carbons (Fsp3) is 0.556. The van der Waals surface area contributed by atoms with Crippen LogP contribution in [0.4, 0.5) is 0 Å². The molecule has 0 aromatic rings. The van der Waals surface area contributed by atoms with Gasteiger partial charge in [0.1, 0.15) is 6.04 Å². The first-order chi connectivity index (χ1) is 8.77. The molecule has 108 valence electrons. The van der Waals surface area contributed by atoms with Crippen LogP contribution in [0.2, 0.25) is 0 Å². The van der Waals surface area contributed by atoms with E-state index in [1.165, 1.54) is 0 Å². The lowest BCUT2D eigenvalue weighted by atomic mass is 10.2. The van der Waals surface area contributed by atoms with E-state index in [4.69, 9.17) is 15.9 Å². The quantitative estimate of drug-likeness (QED) is 0.268. The number of rotatable bonds is 8. The summed E-state index contributed by atoms with van der Waals surface area (Å²) in [4.78, 5) is 43.6. The zero-order valence-corrected chi connectivity index (χ0v) is 10.7. The number of aliphatic carboxylic acids is 2. The van der Waals surface area contributed by atoms with Gasteiger partial charge in [-0.05, 0) is 0 Å². The Hall–Kier alpha value is -1.81. The Balaban J connectivity index is 4.24. The van der Waals surface area contributed by atoms with E-state index in [-0.39, 0.29) is 5.75 Å². The fourth-order valence-corrected chi connectivity index (χ4v) is 1.17. The number of hydrogen-bond donors (Lipinski definition) is 6. The predicted octanol–water partition coefficient (Wildman–Crippen LogP) is -2.60. The molecule has 0 unspecified atom stereocenters. The van der Waals surface area contributed by atoms with Crippen LogP contribution in [0.5, 0.6) is 0 Å². The SMILES string of the molecule is N[C@@H](CS)C(=O)NCC(=O)N[C@@H](CC(=O)O)C(=O)O. The topological polar surface area (TPSA) is 159 Å². The molecule has 9 nitrogen and oxygen atoms in total. The van der Waals surface area contributed by atoms with Crippen molar-refractivity contribution in [1.29, 1.82) is 0 Å². The average Bonchev–Trinajstić information content (AvgIpc) is 2.33. The van der Waals surface area contributed by atoms with Crippen LogP contribution in [-0.2, 0) is 19.2 Å². The summed E-state index contributed by atoms with van der Waals surface area (Å²) in [6.07, 6.45) is -0.759. The van der Waals surface area contributed by atoms with Crippen molar-refractivity contribution in [2.45, 2.75) is 18.5 Å². The molecule has 0 spiro atoms. The molecule has 0 aliphatic rings. The predicted molar refractivity (Wildman–Crippen MR) is 66.7 cm³/mol. The highest BCUT2D eigenvalue weighted by atomic mass is 32.1. The first-order valence-electron chi connectivity index (χ1n) is 5.16. The van der Waals surface area contributed by atoms with Crippen LogP contribution in [0.15, 0.2) is 0 Å². The van der Waals surface area contributed by atoms with Gasteiger partial charge >= 0.3 is 11.9 Å². The van der Waals surface area contributed by atoms with E-state index in [1.807, 2.05) is 5.32 Å². The third kappa shape index (κ3) is 7.26. The van der Waals surface area contributed by atoms with Crippen molar-refractivity contribution >= 4 is 36.4 Å². The lowest BCUT2D eigenvalue weighted by Crippen LogP contribution is -2.49. The minimum absolute atomic E-state index is 0.0875. The van der Waals surface area contributed by atoms with Crippen LogP contribution in [0.1, 0.15) is 6.42 Å². The number of carboxylic acids is 2. The van der Waals surface area contributed by atoms with Gasteiger partial charge in [-0.1, -0.05) is 0 Å². The Labute approximate surface area is 113 Å². The lowest BCUT2D eigenvalue weighted by Gasteiger charge is -2.13. The van der Waals surface area contributed by atoms with Gasteiger partial charge < -0.3 is 26.6 Å². The Morgan fingerprint density at radius 1 is 1.21 bits per heavy atom. The minimum atomic E-state index is -1.56. The molecule has 0 saturated carbocycles. The summed E-state index contributed by atoms with van der Waals surface area (Å²) in [6, 6.07) is -2.44. The van der Waals surface area contributed by atoms with Gasteiger partial charge in [0.25, 0.3) is 0 Å². The third-order valence-corrected chi connectivity index (χ3v) is 2.36. The number of thiol groups is 1. The minimum Gasteiger partial charge on any atom is -0.481 e. The van der Waals surface area contributed by atoms with Gasteiger partial charge in [-0.2, -0.15) is 12.6 Å². The number of carboxylic acid groups (broad SMARTS) is 2. The van der Waals surface area contributed by atoms with E-state index in [0.29, 0.717) is 0 Å². The van der Waals surface area contributed by atoms with Gasteiger partial charge in [-0.15, -0.1) is 0 Å². The molecule has 0 aliphatic heterocycles. The third-order valence-electron chi connectivity index (χ3n) is 1.97. The van der Waals surface area contributed by atoms with Crippen LogP contribution in [0.25, 0.3) is 0 Å². The molecular formula is C9H15N3O6S. The van der Waals surface area contributed by atoms with Crippen LogP contribution < -0.4 is 16.4 Å². The number of carbonyl (C=O) groups excluding carboxylic acids is 2. The van der Waals surface area contributed by atoms with E-state index >= 15 is 0 Å². The molecule has 10 heteroatoms. The van der Waals surface area contributed by atoms with Crippen LogP contribution >= 0.6 is 12.6 Å². The Kier molecular flexibility index (Phi) is 7.53. The summed E-state index contributed by atoms with van der Waals surface area (Å²) in [5, 5.41) is 21.3. The maximum atomic E-state index is 11.3. The second-order valence-electron chi connectivity index (χ2n) is 3.56. The zero-order valence-electron chi connectivity index (χ0n) is 9.83. The molecule has 6 N–H and O–H groups in total. The molecule has 0 bridgehead atoms. The smallest absolute Gasteiger partial charge is 0.326 e. The summed E-state index contributed by atoms with van der Waals surface area (Å²) < 4.78 is 0. The fourth-order valence-electron chi connectivity index (χ4n) is 1.00. The summed E-state index contributed by atoms with van der Waals surface area (Å²) in [6.45, 7) is -0.496. The van der Waals surface area contributed by atoms with Crippen molar-refractivity contribution < 1.29 is 29.4 Å². The van der Waals surface area contributed by atoms with Crippen molar-refractivity contribution in [2.24, 2.45) is 5.73 Å². The summed E-state index contributed by atoms with van der Waals surface area (Å²) in [5.74, 6) is -4.20. The van der Waals surface area contributed by atoms with Gasteiger partial charge in [0.05, 0.1) is 19.0 Å². The van der Waals surface area contributed by atoms with Crippen molar-refractivity contribution in [1.82, 2.24) is 10.6 Å². The Morgan fingerprint density at radius 2 is 1.79 bits per heavy atom. The van der Waals surface area contributed by atoms with Crippen molar-refractivity contribution in [3.63, 3.8) is 0 Å². The van der Waals surface area contributed by atoms with Crippen molar-refractivity contribution in [3.8, 4) is 0 Å². The molecule has 2 atom stereocenters. The Bertz CT molecular complexity index is 375. The summed E-state index contributed by atoms with van der Waals surface area (Å²) >= 11 is 3.79. The maximum absolute atomic E-state index is 11.3. The van der Waals surface area contributed by atoms with E-state index in [9.17, 15) is 19.2 Å². The lowest BCUT2D eigenvalue weighted by molar-refractivity contribution is -0.147. The van der Waals surface area contributed by atoms with Gasteiger partial charge in [0.15, 0.2) is 0 Å². The number of amides is 2. The maximum Gasteiger partial charge on any atom is 0.326 e. The van der Waals surface area contributed by atoms with E-state index < -0.39 is 48.8 Å². The molecule has 0 aromatic heterocycles. The molecule has 0 fully saturated rings. The zero-order chi connectivity index (χ0) is 15.0. The molecule has 0 heterocycles. The monoisotopic (exact) mass is 293 g/mol. The van der Waals surface area contributed by atoms with Gasteiger partial charge in [-0.3, -0.25) is 14.4 Å². The van der Waals surface area contributed by atoms with E-state index in [2.05, 4.69) is 17.9 Å². The highest BCUT2D eigenvalue weighted by molar-refractivity contribution is 7.80. The molecule has 0 saturated heterocycles. The van der Waals surface area contributed by atoms with Crippen molar-refractivity contribution in [2.75, 3.05) is 12.3 Å². The molecule has 19 heavy (non-hydrogen) atoms. The molecule has 0 rings (SSSR count). The van der Waals surface area contributed by atoms with E-state index in [1.54, 1.807) is 0 Å². The number of nitrogens with one attached hydrogen (secondary N) is 2. The standard InChI is InChI=1S/C9H15N3O6S/c10-4(3-19)8(16)11-2-6(13)12-5(9(17)18)1-7(14)15/h4-5,19H,1-3,10H2,(H,11,16)(H,12,13)(H,14,15)(H,17,18)/t4-,5-/m0/s1. The highest BCUT2D eigenvalue weighted by Gasteiger charge is 2.23. The number of hydrogen-bond acceptors (Lipinski definition) is 6. The summed E-state index contributed by atoms with van der Waals surface area (Å²) in [7, 11) is 0. The average molecular weight is 293 g/mol. The second kappa shape index (κ2) is 8.32. The first kappa shape index (κ1) is 17.2. The molecule has 2 amide bonds. The van der Waals surface area contributed by atoms with Crippen LogP contribution in [-0.4, -0.2) is 58.3 Å². The van der Waals surface area contributed by atoms with Gasteiger partial charge in [0.2, 0.25) is 11.8 Å². The number of nitrogens with two attached hydrogens (primary N) is 1. The van der Waals surface area contributed by atoms with E-state index in [0.717, 1.165) is 0 Å².